The minimum absolute atomic E-state index is 0.237. The molecule has 0 aromatic heterocycles. The molecule has 1 fully saturated rings. The summed E-state index contributed by atoms with van der Waals surface area (Å²) >= 11 is 6.21. The minimum Gasteiger partial charge on any atom is -0.357 e. The summed E-state index contributed by atoms with van der Waals surface area (Å²) in [6, 6.07) is 4.85. The first-order chi connectivity index (χ1) is 11.0. The number of hydrogen-bond acceptors (Lipinski definition) is 4. The lowest BCUT2D eigenvalue weighted by Crippen LogP contribution is -2.50. The maximum atomic E-state index is 13.3. The van der Waals surface area contributed by atoms with Crippen LogP contribution in [0.2, 0.25) is 5.02 Å². The van der Waals surface area contributed by atoms with E-state index in [2.05, 4.69) is 27.8 Å². The second kappa shape index (κ2) is 7.07. The van der Waals surface area contributed by atoms with Crippen molar-refractivity contribution in [2.24, 2.45) is 5.73 Å². The van der Waals surface area contributed by atoms with Crippen LogP contribution in [0.5, 0.6) is 0 Å². The molecule has 0 radical (unpaired) electrons. The van der Waals surface area contributed by atoms with Crippen LogP contribution < -0.4 is 5.73 Å². The zero-order chi connectivity index (χ0) is 16.4. The maximum absolute atomic E-state index is 13.3. The molecule has 3 rings (SSSR count). The van der Waals surface area contributed by atoms with E-state index in [0.717, 1.165) is 44.7 Å². The van der Waals surface area contributed by atoms with Crippen LogP contribution in [0.25, 0.3) is 0 Å². The van der Waals surface area contributed by atoms with Crippen molar-refractivity contribution in [2.75, 3.05) is 33.4 Å². The minimum atomic E-state index is -0.299. The molecule has 1 saturated heterocycles. The van der Waals surface area contributed by atoms with E-state index in [4.69, 9.17) is 17.3 Å². The van der Waals surface area contributed by atoms with Gasteiger partial charge in [-0.05, 0) is 43.7 Å². The van der Waals surface area contributed by atoms with Gasteiger partial charge >= 0.3 is 0 Å². The van der Waals surface area contributed by atoms with Gasteiger partial charge in [0.2, 0.25) is 0 Å². The van der Waals surface area contributed by atoms with Gasteiger partial charge in [0, 0.05) is 37.2 Å². The zero-order valence-electron chi connectivity index (χ0n) is 13.5. The number of hydrogen-bond donors (Lipinski definition) is 1. The van der Waals surface area contributed by atoms with E-state index in [1.165, 1.54) is 18.0 Å². The second-order valence-electron chi connectivity index (χ2n) is 6.52. The third-order valence-corrected chi connectivity index (χ3v) is 4.83. The summed E-state index contributed by atoms with van der Waals surface area (Å²) < 4.78 is 13.3. The first-order valence-corrected chi connectivity index (χ1v) is 8.49. The van der Waals surface area contributed by atoms with Gasteiger partial charge in [-0.15, -0.1) is 0 Å². The number of nitrogens with two attached hydrogens (primary N) is 1. The number of nitrogens with zero attached hydrogens (tertiary/aromatic N) is 3. The van der Waals surface area contributed by atoms with Gasteiger partial charge in [0.05, 0.1) is 6.67 Å². The summed E-state index contributed by atoms with van der Waals surface area (Å²) in [7, 11) is 2.09. The Bertz CT molecular complexity index is 592. The molecule has 2 heterocycles. The fraction of sp³-hybridized carbons (Fsp3) is 0.529. The number of likely N-dealkylation sites (N-methyl/N-ethyl adjacent to an activating group) is 1. The van der Waals surface area contributed by atoms with Gasteiger partial charge in [0.25, 0.3) is 0 Å². The highest BCUT2D eigenvalue weighted by molar-refractivity contribution is 6.31. The van der Waals surface area contributed by atoms with Crippen molar-refractivity contribution in [3.8, 4) is 0 Å². The number of likely N-dealkylation sites (tertiary alicyclic amines) is 1. The molecule has 0 amide bonds. The summed E-state index contributed by atoms with van der Waals surface area (Å²) in [5, 5.41) is 0.480. The van der Waals surface area contributed by atoms with Gasteiger partial charge in [-0.3, -0.25) is 4.90 Å². The van der Waals surface area contributed by atoms with Crippen LogP contribution in [0, 0.1) is 5.82 Å². The van der Waals surface area contributed by atoms with Gasteiger partial charge in [0.1, 0.15) is 11.6 Å². The summed E-state index contributed by atoms with van der Waals surface area (Å²) in [4.78, 5) is 6.91. The quantitative estimate of drug-likeness (QED) is 0.918. The highest BCUT2D eigenvalue weighted by Gasteiger charge is 2.26. The molecule has 1 atom stereocenters. The Hall–Kier alpha value is -1.30. The average molecular weight is 339 g/mol. The molecule has 1 unspecified atom stereocenters. The number of halogens is 2. The van der Waals surface area contributed by atoms with E-state index in [-0.39, 0.29) is 11.9 Å². The van der Waals surface area contributed by atoms with Gasteiger partial charge in [-0.1, -0.05) is 17.7 Å². The fourth-order valence-corrected chi connectivity index (χ4v) is 3.55. The monoisotopic (exact) mass is 338 g/mol. The van der Waals surface area contributed by atoms with Crippen molar-refractivity contribution in [3.05, 3.63) is 46.5 Å². The van der Waals surface area contributed by atoms with E-state index in [1.807, 2.05) is 0 Å². The predicted octanol–water partition coefficient (Wildman–Crippen LogP) is 2.45. The Kier molecular flexibility index (Phi) is 5.09. The first kappa shape index (κ1) is 16.6. The SMILES string of the molecule is CN1CC=C(N2CCCC(N)C2)N(Cc2ccc(F)cc2Cl)C1. The molecule has 1 aromatic rings. The van der Waals surface area contributed by atoms with Crippen molar-refractivity contribution < 1.29 is 4.39 Å². The van der Waals surface area contributed by atoms with E-state index < -0.39 is 0 Å². The van der Waals surface area contributed by atoms with Crippen molar-refractivity contribution in [1.82, 2.24) is 14.7 Å². The smallest absolute Gasteiger partial charge is 0.124 e. The van der Waals surface area contributed by atoms with Crippen LogP contribution in [0.4, 0.5) is 4.39 Å². The molecular weight excluding hydrogens is 315 g/mol. The summed E-state index contributed by atoms with van der Waals surface area (Å²) in [6.07, 6.45) is 4.46. The van der Waals surface area contributed by atoms with Crippen LogP contribution in [-0.4, -0.2) is 54.1 Å². The fourth-order valence-electron chi connectivity index (χ4n) is 3.32. The third-order valence-electron chi connectivity index (χ3n) is 4.48. The number of rotatable bonds is 3. The lowest BCUT2D eigenvalue weighted by atomic mass is 10.1. The molecule has 0 aliphatic carbocycles. The van der Waals surface area contributed by atoms with Crippen LogP contribution in [-0.2, 0) is 6.54 Å². The Morgan fingerprint density at radius 1 is 1.39 bits per heavy atom. The predicted molar refractivity (Wildman–Crippen MR) is 91.3 cm³/mol. The molecule has 4 nitrogen and oxygen atoms in total. The first-order valence-electron chi connectivity index (χ1n) is 8.11. The largest absolute Gasteiger partial charge is 0.357 e. The topological polar surface area (TPSA) is 35.7 Å². The number of benzene rings is 1. The molecule has 2 aliphatic heterocycles. The summed E-state index contributed by atoms with van der Waals surface area (Å²) in [5.41, 5.74) is 7.08. The highest BCUT2D eigenvalue weighted by atomic mass is 35.5. The summed E-state index contributed by atoms with van der Waals surface area (Å²) in [5.74, 6) is 0.922. The van der Waals surface area contributed by atoms with Gasteiger partial charge in [-0.2, -0.15) is 0 Å². The van der Waals surface area contributed by atoms with Crippen LogP contribution >= 0.6 is 11.6 Å². The van der Waals surface area contributed by atoms with Crippen LogP contribution in [0.3, 0.4) is 0 Å². The van der Waals surface area contributed by atoms with Crippen molar-refractivity contribution in [3.63, 3.8) is 0 Å². The molecule has 0 spiro atoms. The molecule has 6 heteroatoms. The van der Waals surface area contributed by atoms with Crippen molar-refractivity contribution in [1.29, 1.82) is 0 Å². The maximum Gasteiger partial charge on any atom is 0.124 e. The standard InChI is InChI=1S/C17H24ClFN4/c1-21-8-6-17(22-7-2-3-15(20)11-22)23(12-21)10-13-4-5-14(19)9-16(13)18/h4-6,9,15H,2-3,7-8,10-12,20H2,1H3. The van der Waals surface area contributed by atoms with E-state index in [1.54, 1.807) is 6.07 Å². The Morgan fingerprint density at radius 3 is 2.96 bits per heavy atom. The Morgan fingerprint density at radius 2 is 2.22 bits per heavy atom. The molecule has 2 N–H and O–H groups in total. The van der Waals surface area contributed by atoms with Crippen LogP contribution in [0.15, 0.2) is 30.1 Å². The lowest BCUT2D eigenvalue weighted by Gasteiger charge is -2.43. The van der Waals surface area contributed by atoms with Crippen LogP contribution in [0.1, 0.15) is 18.4 Å². The Labute approximate surface area is 142 Å². The average Bonchev–Trinajstić information content (AvgIpc) is 2.50. The van der Waals surface area contributed by atoms with Gasteiger partial charge < -0.3 is 15.5 Å². The van der Waals surface area contributed by atoms with Crippen molar-refractivity contribution >= 4 is 11.6 Å². The molecule has 126 valence electrons. The van der Waals surface area contributed by atoms with Crippen molar-refractivity contribution in [2.45, 2.75) is 25.4 Å². The van der Waals surface area contributed by atoms with Gasteiger partial charge in [0.15, 0.2) is 0 Å². The highest BCUT2D eigenvalue weighted by Crippen LogP contribution is 2.25. The Balaban J connectivity index is 1.79. The van der Waals surface area contributed by atoms with E-state index >= 15 is 0 Å². The second-order valence-corrected chi connectivity index (χ2v) is 6.93. The molecule has 0 saturated carbocycles. The zero-order valence-corrected chi connectivity index (χ0v) is 14.3. The molecule has 0 bridgehead atoms. The summed E-state index contributed by atoms with van der Waals surface area (Å²) in [6.45, 7) is 4.35. The molecule has 1 aromatic carbocycles. The lowest BCUT2D eigenvalue weighted by molar-refractivity contribution is 0.104. The normalized spacial score (nSPS) is 23.1. The van der Waals surface area contributed by atoms with Gasteiger partial charge in [-0.25, -0.2) is 4.39 Å². The number of piperidine rings is 1. The molecule has 23 heavy (non-hydrogen) atoms. The molecule has 2 aliphatic rings. The van der Waals surface area contributed by atoms with E-state index in [9.17, 15) is 4.39 Å². The van der Waals surface area contributed by atoms with E-state index in [0.29, 0.717) is 11.6 Å². The molecular formula is C17H24ClFN4. The third kappa shape index (κ3) is 3.97.